The van der Waals surface area contributed by atoms with E-state index >= 15 is 0 Å². The summed E-state index contributed by atoms with van der Waals surface area (Å²) in [4.78, 5) is 25.4. The first kappa shape index (κ1) is 18.7. The van der Waals surface area contributed by atoms with Crippen LogP contribution in [0.4, 0.5) is 4.39 Å². The first-order valence-electron chi connectivity index (χ1n) is 8.67. The lowest BCUT2D eigenvalue weighted by atomic mass is 10.1. The lowest BCUT2D eigenvalue weighted by Gasteiger charge is -2.20. The third kappa shape index (κ3) is 4.97. The van der Waals surface area contributed by atoms with Crippen LogP contribution in [0.15, 0.2) is 42.5 Å². The second kappa shape index (κ2) is 8.53. The van der Waals surface area contributed by atoms with Crippen molar-refractivity contribution in [1.82, 2.24) is 10.2 Å². The molecule has 2 aromatic rings. The number of hydrogen-bond acceptors (Lipinski definition) is 4. The zero-order chi connectivity index (χ0) is 19.2. The van der Waals surface area contributed by atoms with Gasteiger partial charge in [0.1, 0.15) is 5.82 Å². The molecule has 27 heavy (non-hydrogen) atoms. The third-order valence-corrected chi connectivity index (χ3v) is 4.32. The smallest absolute Gasteiger partial charge is 0.239 e. The first-order chi connectivity index (χ1) is 13.0. The minimum atomic E-state index is -0.312. The molecule has 2 amide bonds. The molecule has 0 saturated heterocycles. The summed E-state index contributed by atoms with van der Waals surface area (Å²) in [5.74, 6) is 0.507. The number of benzene rings is 2. The van der Waals surface area contributed by atoms with Gasteiger partial charge in [-0.15, -0.1) is 0 Å². The van der Waals surface area contributed by atoms with E-state index in [4.69, 9.17) is 9.47 Å². The van der Waals surface area contributed by atoms with E-state index in [1.165, 1.54) is 17.9 Å². The summed E-state index contributed by atoms with van der Waals surface area (Å²) < 4.78 is 24.3. The Kier molecular flexibility index (Phi) is 5.90. The lowest BCUT2D eigenvalue weighted by molar-refractivity contribution is -0.134. The Hall–Kier alpha value is -3.09. The van der Waals surface area contributed by atoms with Crippen molar-refractivity contribution >= 4 is 11.8 Å². The van der Waals surface area contributed by atoms with E-state index < -0.39 is 0 Å². The van der Waals surface area contributed by atoms with Gasteiger partial charge in [-0.05, 0) is 35.7 Å². The van der Waals surface area contributed by atoms with Crippen molar-refractivity contribution in [3.8, 4) is 11.5 Å². The van der Waals surface area contributed by atoms with Crippen molar-refractivity contribution in [1.29, 1.82) is 0 Å². The van der Waals surface area contributed by atoms with Crippen molar-refractivity contribution in [3.63, 3.8) is 0 Å². The van der Waals surface area contributed by atoms with E-state index in [0.717, 1.165) is 5.56 Å². The average molecular weight is 372 g/mol. The zero-order valence-electron chi connectivity index (χ0n) is 15.0. The van der Waals surface area contributed by atoms with Crippen molar-refractivity contribution < 1.29 is 23.5 Å². The summed E-state index contributed by atoms with van der Waals surface area (Å²) >= 11 is 0. The molecule has 6 nitrogen and oxygen atoms in total. The number of carbonyl (C=O) groups is 2. The highest BCUT2D eigenvalue weighted by atomic mass is 19.1. The molecule has 0 unspecified atom stereocenters. The summed E-state index contributed by atoms with van der Waals surface area (Å²) in [6, 6.07) is 11.9. The number of amides is 2. The predicted molar refractivity (Wildman–Crippen MR) is 96.8 cm³/mol. The summed E-state index contributed by atoms with van der Waals surface area (Å²) in [5.41, 5.74) is 1.39. The Morgan fingerprint density at radius 1 is 1.15 bits per heavy atom. The molecule has 1 N–H and O–H groups in total. The fourth-order valence-electron chi connectivity index (χ4n) is 2.79. The topological polar surface area (TPSA) is 67.9 Å². The van der Waals surface area contributed by atoms with Gasteiger partial charge in [0.15, 0.2) is 11.5 Å². The molecule has 7 heteroatoms. The molecule has 0 aliphatic carbocycles. The second-order valence-electron chi connectivity index (χ2n) is 6.25. The fraction of sp³-hybridized carbons (Fsp3) is 0.300. The van der Waals surface area contributed by atoms with Gasteiger partial charge < -0.3 is 19.7 Å². The summed E-state index contributed by atoms with van der Waals surface area (Å²) in [7, 11) is 0. The molecule has 0 radical (unpaired) electrons. The van der Waals surface area contributed by atoms with E-state index in [2.05, 4.69) is 5.32 Å². The number of nitrogens with zero attached hydrogens (tertiary/aromatic N) is 1. The van der Waals surface area contributed by atoms with Crippen LogP contribution in [0.1, 0.15) is 18.1 Å². The van der Waals surface area contributed by atoms with Crippen LogP contribution in [0.3, 0.4) is 0 Å². The maximum absolute atomic E-state index is 13.7. The third-order valence-electron chi connectivity index (χ3n) is 4.32. The SMILES string of the molecule is CC(=O)N(CCc1ccccc1F)CC(=O)NCc1ccc2c(c1)OCO2. The molecule has 1 aliphatic rings. The van der Waals surface area contributed by atoms with Crippen molar-refractivity contribution in [3.05, 3.63) is 59.4 Å². The molecule has 0 bridgehead atoms. The highest BCUT2D eigenvalue weighted by Crippen LogP contribution is 2.32. The van der Waals surface area contributed by atoms with Gasteiger partial charge >= 0.3 is 0 Å². The average Bonchev–Trinajstić information content (AvgIpc) is 3.12. The molecule has 0 atom stereocenters. The van der Waals surface area contributed by atoms with Crippen LogP contribution in [0.25, 0.3) is 0 Å². The fourth-order valence-corrected chi connectivity index (χ4v) is 2.79. The van der Waals surface area contributed by atoms with Crippen molar-refractivity contribution in [2.75, 3.05) is 19.9 Å². The maximum atomic E-state index is 13.7. The van der Waals surface area contributed by atoms with Gasteiger partial charge in [-0.25, -0.2) is 4.39 Å². The molecule has 3 rings (SSSR count). The standard InChI is InChI=1S/C20H21FN2O4/c1-14(24)23(9-8-16-4-2-3-5-17(16)21)12-20(25)22-11-15-6-7-18-19(10-15)27-13-26-18/h2-7,10H,8-9,11-13H2,1H3,(H,22,25). The van der Waals surface area contributed by atoms with Gasteiger partial charge in [0.25, 0.3) is 0 Å². The number of rotatable bonds is 7. The number of ether oxygens (including phenoxy) is 2. The normalized spacial score (nSPS) is 11.9. The van der Waals surface area contributed by atoms with E-state index in [-0.39, 0.29) is 37.5 Å². The van der Waals surface area contributed by atoms with Crippen LogP contribution in [-0.2, 0) is 22.6 Å². The Morgan fingerprint density at radius 3 is 2.70 bits per heavy atom. The molecule has 0 fully saturated rings. The Morgan fingerprint density at radius 2 is 1.93 bits per heavy atom. The number of fused-ring (bicyclic) bond motifs is 1. The van der Waals surface area contributed by atoms with Crippen LogP contribution >= 0.6 is 0 Å². The van der Waals surface area contributed by atoms with E-state index in [1.807, 2.05) is 12.1 Å². The lowest BCUT2D eigenvalue weighted by Crippen LogP contribution is -2.40. The molecule has 2 aromatic carbocycles. The number of carbonyl (C=O) groups excluding carboxylic acids is 2. The second-order valence-corrected chi connectivity index (χ2v) is 6.25. The molecule has 1 aliphatic heterocycles. The van der Waals surface area contributed by atoms with Crippen LogP contribution < -0.4 is 14.8 Å². The molecule has 1 heterocycles. The quantitative estimate of drug-likeness (QED) is 0.810. The first-order valence-corrected chi connectivity index (χ1v) is 8.67. The van der Waals surface area contributed by atoms with Crippen LogP contribution in [0.2, 0.25) is 0 Å². The maximum Gasteiger partial charge on any atom is 0.239 e. The minimum Gasteiger partial charge on any atom is -0.454 e. The van der Waals surface area contributed by atoms with Gasteiger partial charge in [0.2, 0.25) is 18.6 Å². The molecular formula is C20H21FN2O4. The molecule has 142 valence electrons. The Bertz CT molecular complexity index is 840. The molecule has 0 saturated carbocycles. The van der Waals surface area contributed by atoms with Crippen molar-refractivity contribution in [2.45, 2.75) is 19.9 Å². The highest BCUT2D eigenvalue weighted by Gasteiger charge is 2.16. The van der Waals surface area contributed by atoms with Gasteiger partial charge in [-0.3, -0.25) is 9.59 Å². The van der Waals surface area contributed by atoms with Gasteiger partial charge in [0.05, 0.1) is 6.54 Å². The van der Waals surface area contributed by atoms with E-state index in [0.29, 0.717) is 30.0 Å². The number of halogens is 1. The largest absolute Gasteiger partial charge is 0.454 e. The molecule has 0 spiro atoms. The summed E-state index contributed by atoms with van der Waals surface area (Å²) in [6.45, 7) is 2.10. The Balaban J connectivity index is 1.51. The van der Waals surface area contributed by atoms with Crippen molar-refractivity contribution in [2.24, 2.45) is 0 Å². The van der Waals surface area contributed by atoms with Crippen LogP contribution in [0.5, 0.6) is 11.5 Å². The van der Waals surface area contributed by atoms with Crippen LogP contribution in [0, 0.1) is 5.82 Å². The number of hydrogen-bond donors (Lipinski definition) is 1. The monoisotopic (exact) mass is 372 g/mol. The molecular weight excluding hydrogens is 351 g/mol. The summed E-state index contributed by atoms with van der Waals surface area (Å²) in [6.07, 6.45) is 0.349. The zero-order valence-corrected chi connectivity index (χ0v) is 15.0. The van der Waals surface area contributed by atoms with Crippen LogP contribution in [-0.4, -0.2) is 36.6 Å². The minimum absolute atomic E-state index is 0.0751. The van der Waals surface area contributed by atoms with Gasteiger partial charge in [-0.2, -0.15) is 0 Å². The Labute approximate surface area is 156 Å². The van der Waals surface area contributed by atoms with E-state index in [9.17, 15) is 14.0 Å². The predicted octanol–water partition coefficient (Wildman–Crippen LogP) is 2.26. The molecule has 0 aromatic heterocycles. The van der Waals surface area contributed by atoms with Gasteiger partial charge in [-0.1, -0.05) is 24.3 Å². The van der Waals surface area contributed by atoms with E-state index in [1.54, 1.807) is 24.3 Å². The number of nitrogens with one attached hydrogen (secondary N) is 1. The highest BCUT2D eigenvalue weighted by molar-refractivity contribution is 5.83. The summed E-state index contributed by atoms with van der Waals surface area (Å²) in [5, 5.41) is 2.78. The van der Waals surface area contributed by atoms with Gasteiger partial charge in [0, 0.05) is 20.0 Å².